The lowest BCUT2D eigenvalue weighted by Gasteiger charge is -2.27. The SMILES string of the molecule is [CH2]C(O)(CCC)C(O)CC. The molecule has 0 amide bonds. The first kappa shape index (κ1) is 9.92. The van der Waals surface area contributed by atoms with Gasteiger partial charge < -0.3 is 10.2 Å². The van der Waals surface area contributed by atoms with Crippen LogP contribution >= 0.6 is 0 Å². The van der Waals surface area contributed by atoms with E-state index in [1.807, 2.05) is 13.8 Å². The standard InChI is InChI=1S/C8H17O2/c1-4-6-8(3,10)7(9)5-2/h7,9-10H,3-6H2,1-2H3. The maximum absolute atomic E-state index is 9.42. The Morgan fingerprint density at radius 1 is 1.50 bits per heavy atom. The molecule has 0 aliphatic heterocycles. The van der Waals surface area contributed by atoms with Crippen molar-refractivity contribution in [3.63, 3.8) is 0 Å². The lowest BCUT2D eigenvalue weighted by molar-refractivity contribution is -0.0486. The van der Waals surface area contributed by atoms with Gasteiger partial charge in [0.2, 0.25) is 0 Å². The molecule has 0 rings (SSSR count). The summed E-state index contributed by atoms with van der Waals surface area (Å²) >= 11 is 0. The predicted molar refractivity (Wildman–Crippen MR) is 41.5 cm³/mol. The molecule has 2 N–H and O–H groups in total. The molecule has 0 aromatic carbocycles. The summed E-state index contributed by atoms with van der Waals surface area (Å²) in [5.74, 6) is 0. The predicted octanol–water partition coefficient (Wildman–Crippen LogP) is 1.12. The number of hydrogen-bond acceptors (Lipinski definition) is 2. The molecule has 0 aliphatic carbocycles. The molecule has 2 atom stereocenters. The molecule has 10 heavy (non-hydrogen) atoms. The van der Waals surface area contributed by atoms with Gasteiger partial charge in [-0.25, -0.2) is 0 Å². The van der Waals surface area contributed by atoms with Gasteiger partial charge in [0, 0.05) is 0 Å². The minimum Gasteiger partial charge on any atom is -0.390 e. The summed E-state index contributed by atoms with van der Waals surface area (Å²) in [7, 11) is 0. The van der Waals surface area contributed by atoms with Gasteiger partial charge in [0.05, 0.1) is 11.7 Å². The molecule has 0 saturated heterocycles. The average molecular weight is 145 g/mol. The van der Waals surface area contributed by atoms with E-state index in [1.54, 1.807) is 0 Å². The van der Waals surface area contributed by atoms with Crippen LogP contribution in [-0.2, 0) is 0 Å². The van der Waals surface area contributed by atoms with E-state index in [2.05, 4.69) is 6.92 Å². The zero-order valence-corrected chi connectivity index (χ0v) is 6.80. The van der Waals surface area contributed by atoms with Crippen molar-refractivity contribution in [2.24, 2.45) is 0 Å². The third kappa shape index (κ3) is 2.67. The van der Waals surface area contributed by atoms with Gasteiger partial charge in [-0.15, -0.1) is 0 Å². The fraction of sp³-hybridized carbons (Fsp3) is 0.875. The molecule has 0 saturated carbocycles. The van der Waals surface area contributed by atoms with Crippen molar-refractivity contribution in [2.75, 3.05) is 0 Å². The van der Waals surface area contributed by atoms with Crippen LogP contribution in [0, 0.1) is 6.92 Å². The number of aliphatic hydroxyl groups excluding tert-OH is 1. The highest BCUT2D eigenvalue weighted by Crippen LogP contribution is 2.17. The molecule has 2 unspecified atom stereocenters. The zero-order chi connectivity index (χ0) is 8.20. The monoisotopic (exact) mass is 145 g/mol. The van der Waals surface area contributed by atoms with Crippen molar-refractivity contribution in [3.05, 3.63) is 6.92 Å². The molecule has 0 heterocycles. The van der Waals surface area contributed by atoms with Crippen molar-refractivity contribution in [1.82, 2.24) is 0 Å². The minimum atomic E-state index is -1.14. The van der Waals surface area contributed by atoms with Crippen molar-refractivity contribution in [3.8, 4) is 0 Å². The van der Waals surface area contributed by atoms with Gasteiger partial charge in [0.25, 0.3) is 0 Å². The molecule has 1 radical (unpaired) electrons. The molecular formula is C8H17O2. The Kier molecular flexibility index (Phi) is 3.91. The van der Waals surface area contributed by atoms with Gasteiger partial charge in [-0.1, -0.05) is 20.3 Å². The molecule has 2 heteroatoms. The van der Waals surface area contributed by atoms with E-state index in [0.29, 0.717) is 12.8 Å². The lowest BCUT2D eigenvalue weighted by Crippen LogP contribution is -2.38. The van der Waals surface area contributed by atoms with Crippen LogP contribution in [0.3, 0.4) is 0 Å². The number of hydrogen-bond donors (Lipinski definition) is 2. The van der Waals surface area contributed by atoms with E-state index in [4.69, 9.17) is 0 Å². The van der Waals surface area contributed by atoms with Crippen LogP contribution in [0.1, 0.15) is 33.1 Å². The minimum absolute atomic E-state index is 0.556. The lowest BCUT2D eigenvalue weighted by atomic mass is 9.92. The van der Waals surface area contributed by atoms with Crippen molar-refractivity contribution in [2.45, 2.75) is 44.8 Å². The maximum Gasteiger partial charge on any atom is 0.0906 e. The molecule has 0 aromatic rings. The number of aliphatic hydroxyl groups is 2. The highest BCUT2D eigenvalue weighted by molar-refractivity contribution is 4.87. The van der Waals surface area contributed by atoms with Crippen LogP contribution in [0.15, 0.2) is 0 Å². The molecule has 0 bridgehead atoms. The normalized spacial score (nSPS) is 20.1. The topological polar surface area (TPSA) is 40.5 Å². The Labute approximate surface area is 62.9 Å². The second-order valence-electron chi connectivity index (χ2n) is 2.78. The van der Waals surface area contributed by atoms with Gasteiger partial charge in [0.1, 0.15) is 0 Å². The smallest absolute Gasteiger partial charge is 0.0906 e. The first-order chi connectivity index (χ1) is 4.54. The largest absolute Gasteiger partial charge is 0.390 e. The highest BCUT2D eigenvalue weighted by atomic mass is 16.3. The summed E-state index contributed by atoms with van der Waals surface area (Å²) in [6.45, 7) is 7.32. The van der Waals surface area contributed by atoms with E-state index in [0.717, 1.165) is 6.42 Å². The maximum atomic E-state index is 9.42. The van der Waals surface area contributed by atoms with Gasteiger partial charge in [0.15, 0.2) is 0 Å². The second kappa shape index (κ2) is 3.94. The van der Waals surface area contributed by atoms with E-state index in [1.165, 1.54) is 0 Å². The molecule has 61 valence electrons. The van der Waals surface area contributed by atoms with Gasteiger partial charge in [-0.05, 0) is 19.8 Å². The Morgan fingerprint density at radius 3 is 2.30 bits per heavy atom. The molecule has 0 spiro atoms. The van der Waals surface area contributed by atoms with Gasteiger partial charge in [-0.2, -0.15) is 0 Å². The van der Waals surface area contributed by atoms with E-state index >= 15 is 0 Å². The first-order valence-electron chi connectivity index (χ1n) is 3.80. The molecule has 0 aromatic heterocycles. The molecule has 2 nitrogen and oxygen atoms in total. The van der Waals surface area contributed by atoms with E-state index in [-0.39, 0.29) is 0 Å². The summed E-state index contributed by atoms with van der Waals surface area (Å²) < 4.78 is 0. The van der Waals surface area contributed by atoms with Gasteiger partial charge >= 0.3 is 0 Å². The van der Waals surface area contributed by atoms with Gasteiger partial charge in [-0.3, -0.25) is 0 Å². The van der Waals surface area contributed by atoms with Crippen LogP contribution in [0.5, 0.6) is 0 Å². The molecular weight excluding hydrogens is 128 g/mol. The van der Waals surface area contributed by atoms with E-state index < -0.39 is 11.7 Å². The van der Waals surface area contributed by atoms with E-state index in [9.17, 15) is 10.2 Å². The van der Waals surface area contributed by atoms with Crippen LogP contribution in [0.25, 0.3) is 0 Å². The third-order valence-corrected chi connectivity index (χ3v) is 1.69. The summed E-state index contributed by atoms with van der Waals surface area (Å²) in [6, 6.07) is 0. The summed E-state index contributed by atoms with van der Waals surface area (Å²) in [5, 5.41) is 18.6. The van der Waals surface area contributed by atoms with Crippen LogP contribution < -0.4 is 0 Å². The summed E-state index contributed by atoms with van der Waals surface area (Å²) in [4.78, 5) is 0. The van der Waals surface area contributed by atoms with Crippen molar-refractivity contribution >= 4 is 0 Å². The highest BCUT2D eigenvalue weighted by Gasteiger charge is 2.27. The summed E-state index contributed by atoms with van der Waals surface area (Å²) in [6.07, 6.45) is 1.27. The Balaban J connectivity index is 3.82. The quantitative estimate of drug-likeness (QED) is 0.622. The molecule has 0 fully saturated rings. The van der Waals surface area contributed by atoms with Crippen LogP contribution in [0.2, 0.25) is 0 Å². The Morgan fingerprint density at radius 2 is 2.00 bits per heavy atom. The third-order valence-electron chi connectivity index (χ3n) is 1.69. The fourth-order valence-corrected chi connectivity index (χ4v) is 0.979. The van der Waals surface area contributed by atoms with Crippen LogP contribution in [0.4, 0.5) is 0 Å². The fourth-order valence-electron chi connectivity index (χ4n) is 0.979. The zero-order valence-electron chi connectivity index (χ0n) is 6.80. The second-order valence-corrected chi connectivity index (χ2v) is 2.78. The van der Waals surface area contributed by atoms with Crippen LogP contribution in [-0.4, -0.2) is 21.9 Å². The van der Waals surface area contributed by atoms with Crippen molar-refractivity contribution in [1.29, 1.82) is 0 Å². The van der Waals surface area contributed by atoms with Crippen molar-refractivity contribution < 1.29 is 10.2 Å². The Hall–Kier alpha value is -0.0800. The Bertz CT molecular complexity index is 89.3. The molecule has 0 aliphatic rings. The number of rotatable bonds is 4. The summed E-state index contributed by atoms with van der Waals surface area (Å²) in [5.41, 5.74) is -1.14. The first-order valence-corrected chi connectivity index (χ1v) is 3.80. The average Bonchev–Trinajstić information content (AvgIpc) is 1.86.